The summed E-state index contributed by atoms with van der Waals surface area (Å²) in [7, 11) is 1.79. The lowest BCUT2D eigenvalue weighted by Crippen LogP contribution is -2.30. The number of carbonyl (C=O) groups excluding carboxylic acids is 2. The van der Waals surface area contributed by atoms with Crippen molar-refractivity contribution < 1.29 is 14.3 Å². The van der Waals surface area contributed by atoms with Gasteiger partial charge in [-0.2, -0.15) is 5.10 Å². The second-order valence-corrected chi connectivity index (χ2v) is 8.74. The standard InChI is InChI=1S/C24H24N4O3S/c1-13-8-9-18(14(2)11-13)26-23(29)16(4)31-24(30)17-12-19(20-7-6-10-32-20)25-22-21(17)15(3)27-28(22)5/h6-12,16H,1-5H3,(H,26,29). The van der Waals surface area contributed by atoms with Crippen molar-refractivity contribution >= 4 is 39.9 Å². The van der Waals surface area contributed by atoms with Crippen LogP contribution in [0.5, 0.6) is 0 Å². The SMILES string of the molecule is Cc1ccc(NC(=O)C(C)OC(=O)c2cc(-c3cccs3)nc3c2c(C)nn3C)c(C)c1. The third kappa shape index (κ3) is 4.13. The molecule has 0 aliphatic heterocycles. The van der Waals surface area contributed by atoms with Gasteiger partial charge in [-0.25, -0.2) is 9.78 Å². The summed E-state index contributed by atoms with van der Waals surface area (Å²) in [4.78, 5) is 31.5. The van der Waals surface area contributed by atoms with Crippen LogP contribution in [-0.4, -0.2) is 32.7 Å². The molecular weight excluding hydrogens is 424 g/mol. The predicted octanol–water partition coefficient (Wildman–Crippen LogP) is 4.81. The van der Waals surface area contributed by atoms with E-state index in [4.69, 9.17) is 9.72 Å². The summed E-state index contributed by atoms with van der Waals surface area (Å²) in [6.45, 7) is 7.29. The van der Waals surface area contributed by atoms with Crippen molar-refractivity contribution in [2.75, 3.05) is 5.32 Å². The number of rotatable bonds is 5. The number of aryl methyl sites for hydroxylation is 4. The van der Waals surface area contributed by atoms with Gasteiger partial charge < -0.3 is 10.1 Å². The molecule has 0 aliphatic carbocycles. The number of ether oxygens (including phenoxy) is 1. The molecule has 32 heavy (non-hydrogen) atoms. The molecule has 3 heterocycles. The summed E-state index contributed by atoms with van der Waals surface area (Å²) in [5, 5.41) is 9.83. The number of pyridine rings is 1. The Morgan fingerprint density at radius 2 is 1.94 bits per heavy atom. The highest BCUT2D eigenvalue weighted by Crippen LogP contribution is 2.30. The second kappa shape index (κ2) is 8.55. The molecule has 0 saturated heterocycles. The molecule has 1 N–H and O–H groups in total. The van der Waals surface area contributed by atoms with E-state index in [1.54, 1.807) is 24.7 Å². The van der Waals surface area contributed by atoms with E-state index in [1.807, 2.05) is 56.5 Å². The van der Waals surface area contributed by atoms with Crippen molar-refractivity contribution in [2.45, 2.75) is 33.8 Å². The van der Waals surface area contributed by atoms with Crippen LogP contribution >= 0.6 is 11.3 Å². The van der Waals surface area contributed by atoms with E-state index in [-0.39, 0.29) is 0 Å². The van der Waals surface area contributed by atoms with E-state index in [9.17, 15) is 9.59 Å². The molecule has 0 aliphatic rings. The Morgan fingerprint density at radius 3 is 2.62 bits per heavy atom. The molecule has 4 rings (SSSR count). The molecule has 1 amide bonds. The average Bonchev–Trinajstić information content (AvgIpc) is 3.38. The molecule has 164 valence electrons. The van der Waals surface area contributed by atoms with Crippen LogP contribution < -0.4 is 5.32 Å². The lowest BCUT2D eigenvalue weighted by molar-refractivity contribution is -0.123. The fourth-order valence-corrected chi connectivity index (χ4v) is 4.31. The van der Waals surface area contributed by atoms with Gasteiger partial charge in [0.1, 0.15) is 0 Å². The van der Waals surface area contributed by atoms with Gasteiger partial charge in [0.05, 0.1) is 27.2 Å². The van der Waals surface area contributed by atoms with Crippen molar-refractivity contribution in [1.29, 1.82) is 0 Å². The number of fused-ring (bicyclic) bond motifs is 1. The Bertz CT molecular complexity index is 1330. The molecule has 3 aromatic heterocycles. The first kappa shape index (κ1) is 21.7. The average molecular weight is 449 g/mol. The molecule has 1 unspecified atom stereocenters. The zero-order valence-corrected chi connectivity index (χ0v) is 19.4. The number of carbonyl (C=O) groups is 2. The fraction of sp³-hybridized carbons (Fsp3) is 0.250. The Balaban J connectivity index is 1.62. The number of amides is 1. The largest absolute Gasteiger partial charge is 0.449 e. The Morgan fingerprint density at radius 1 is 1.16 bits per heavy atom. The van der Waals surface area contributed by atoms with Crippen LogP contribution in [0.1, 0.15) is 34.1 Å². The van der Waals surface area contributed by atoms with E-state index in [1.165, 1.54) is 11.3 Å². The van der Waals surface area contributed by atoms with E-state index in [2.05, 4.69) is 10.4 Å². The van der Waals surface area contributed by atoms with Crippen LogP contribution in [-0.2, 0) is 16.6 Å². The lowest BCUT2D eigenvalue weighted by Gasteiger charge is -2.15. The number of anilines is 1. The van der Waals surface area contributed by atoms with Gasteiger partial charge in [0.15, 0.2) is 11.8 Å². The summed E-state index contributed by atoms with van der Waals surface area (Å²) in [5.41, 5.74) is 5.01. The summed E-state index contributed by atoms with van der Waals surface area (Å²) in [6.07, 6.45) is -0.978. The number of benzene rings is 1. The number of esters is 1. The lowest BCUT2D eigenvalue weighted by atomic mass is 10.1. The fourth-order valence-electron chi connectivity index (χ4n) is 3.62. The smallest absolute Gasteiger partial charge is 0.339 e. The molecule has 0 radical (unpaired) electrons. The van der Waals surface area contributed by atoms with Crippen molar-refractivity contribution in [3.05, 3.63) is 64.2 Å². The van der Waals surface area contributed by atoms with Crippen molar-refractivity contribution in [3.8, 4) is 10.6 Å². The summed E-state index contributed by atoms with van der Waals surface area (Å²) >= 11 is 1.53. The maximum Gasteiger partial charge on any atom is 0.339 e. The van der Waals surface area contributed by atoms with Crippen molar-refractivity contribution in [3.63, 3.8) is 0 Å². The van der Waals surface area contributed by atoms with Gasteiger partial charge in [-0.3, -0.25) is 9.48 Å². The summed E-state index contributed by atoms with van der Waals surface area (Å²) < 4.78 is 7.21. The van der Waals surface area contributed by atoms with Crippen LogP contribution in [0.25, 0.3) is 21.6 Å². The molecule has 0 saturated carbocycles. The second-order valence-electron chi connectivity index (χ2n) is 7.80. The minimum absolute atomic E-state index is 0.343. The van der Waals surface area contributed by atoms with E-state index >= 15 is 0 Å². The number of nitrogens with one attached hydrogen (secondary N) is 1. The predicted molar refractivity (Wildman–Crippen MR) is 126 cm³/mol. The van der Waals surface area contributed by atoms with E-state index < -0.39 is 18.0 Å². The maximum atomic E-state index is 13.2. The first-order chi connectivity index (χ1) is 15.2. The number of hydrogen-bond donors (Lipinski definition) is 1. The Labute approximate surface area is 190 Å². The van der Waals surface area contributed by atoms with Gasteiger partial charge in [0, 0.05) is 12.7 Å². The van der Waals surface area contributed by atoms with E-state index in [0.717, 1.165) is 16.0 Å². The van der Waals surface area contributed by atoms with Crippen LogP contribution in [0.3, 0.4) is 0 Å². The van der Waals surface area contributed by atoms with E-state index in [0.29, 0.717) is 33.7 Å². The molecule has 7 nitrogen and oxygen atoms in total. The first-order valence-corrected chi connectivity index (χ1v) is 11.1. The molecule has 4 aromatic rings. The third-order valence-electron chi connectivity index (χ3n) is 5.26. The van der Waals surface area contributed by atoms with Crippen LogP contribution in [0.15, 0.2) is 41.8 Å². The van der Waals surface area contributed by atoms with Gasteiger partial charge >= 0.3 is 5.97 Å². The zero-order valence-electron chi connectivity index (χ0n) is 18.6. The Hall–Kier alpha value is -3.52. The normalized spacial score (nSPS) is 12.0. The Kier molecular flexibility index (Phi) is 5.80. The number of hydrogen-bond acceptors (Lipinski definition) is 6. The quantitative estimate of drug-likeness (QED) is 0.443. The molecule has 1 atom stereocenters. The molecule has 8 heteroatoms. The molecular formula is C24H24N4O3S. The van der Waals surface area contributed by atoms with Crippen LogP contribution in [0.4, 0.5) is 5.69 Å². The highest BCUT2D eigenvalue weighted by atomic mass is 32.1. The number of nitrogens with zero attached hydrogens (tertiary/aromatic N) is 3. The van der Waals surface area contributed by atoms with Gasteiger partial charge in [-0.15, -0.1) is 11.3 Å². The van der Waals surface area contributed by atoms with Crippen molar-refractivity contribution in [2.24, 2.45) is 7.05 Å². The van der Waals surface area contributed by atoms with Gasteiger partial charge in [0.25, 0.3) is 5.91 Å². The maximum absolute atomic E-state index is 13.2. The zero-order chi connectivity index (χ0) is 23.0. The third-order valence-corrected chi connectivity index (χ3v) is 6.15. The van der Waals surface area contributed by atoms with Gasteiger partial charge in [0.2, 0.25) is 0 Å². The highest BCUT2D eigenvalue weighted by molar-refractivity contribution is 7.13. The molecule has 1 aromatic carbocycles. The monoisotopic (exact) mass is 448 g/mol. The van der Waals surface area contributed by atoms with Crippen LogP contribution in [0.2, 0.25) is 0 Å². The molecule has 0 bridgehead atoms. The number of aromatic nitrogens is 3. The molecule has 0 fully saturated rings. The minimum Gasteiger partial charge on any atom is -0.449 e. The topological polar surface area (TPSA) is 86.1 Å². The summed E-state index contributed by atoms with van der Waals surface area (Å²) in [5.74, 6) is -0.980. The van der Waals surface area contributed by atoms with Gasteiger partial charge in [-0.05, 0) is 56.8 Å². The van der Waals surface area contributed by atoms with Crippen molar-refractivity contribution in [1.82, 2.24) is 14.8 Å². The highest BCUT2D eigenvalue weighted by Gasteiger charge is 2.24. The van der Waals surface area contributed by atoms with Crippen LogP contribution in [0, 0.1) is 20.8 Å². The first-order valence-electron chi connectivity index (χ1n) is 10.2. The summed E-state index contributed by atoms with van der Waals surface area (Å²) in [6, 6.07) is 11.3. The van der Waals surface area contributed by atoms with Gasteiger partial charge in [-0.1, -0.05) is 23.8 Å². The molecule has 0 spiro atoms. The number of thiophene rings is 1. The minimum atomic E-state index is -0.978.